The van der Waals surface area contributed by atoms with Crippen molar-refractivity contribution < 1.29 is 18.6 Å². The number of carbonyl (C=O) groups is 1. The SMILES string of the molecule is COc1ccc2cc(C(C)C(=O)NP3(=O)OCCS3)ccc2c1. The number of hydrogen-bond donors (Lipinski definition) is 1. The highest BCUT2D eigenvalue weighted by atomic mass is 32.7. The molecule has 0 saturated carbocycles. The van der Waals surface area contributed by atoms with Crippen molar-refractivity contribution in [3.8, 4) is 5.75 Å². The molecule has 1 aliphatic rings. The van der Waals surface area contributed by atoms with Crippen molar-refractivity contribution in [2.75, 3.05) is 19.5 Å². The summed E-state index contributed by atoms with van der Waals surface area (Å²) in [6.07, 6.45) is 0. The first-order valence-electron chi connectivity index (χ1n) is 7.30. The smallest absolute Gasteiger partial charge is 0.353 e. The van der Waals surface area contributed by atoms with E-state index in [0.29, 0.717) is 12.4 Å². The Morgan fingerprint density at radius 1 is 1.30 bits per heavy atom. The molecule has 0 spiro atoms. The number of rotatable bonds is 4. The number of benzene rings is 2. The van der Waals surface area contributed by atoms with Crippen LogP contribution in [0.4, 0.5) is 0 Å². The number of amides is 1. The second kappa shape index (κ2) is 6.56. The molecule has 2 unspecified atom stereocenters. The van der Waals surface area contributed by atoms with Gasteiger partial charge in [-0.3, -0.25) is 14.4 Å². The van der Waals surface area contributed by atoms with Gasteiger partial charge in [0.1, 0.15) is 5.75 Å². The number of ether oxygens (including phenoxy) is 1. The maximum Gasteiger partial charge on any atom is 0.353 e. The maximum atomic E-state index is 12.3. The van der Waals surface area contributed by atoms with Crippen LogP contribution in [0.1, 0.15) is 18.4 Å². The Morgan fingerprint density at radius 2 is 2.04 bits per heavy atom. The molecule has 0 aromatic heterocycles. The number of hydrogen-bond acceptors (Lipinski definition) is 5. The standard InChI is InChI=1S/C16H18NO4PS/c1-11(16(18)17-22(19)21-7-8-23-22)12-3-4-14-10-15(20-2)6-5-13(14)9-12/h3-6,9-11H,7-8H2,1-2H3,(H,17,18,19). The molecule has 5 nitrogen and oxygen atoms in total. The van der Waals surface area contributed by atoms with Gasteiger partial charge in [-0.2, -0.15) is 0 Å². The van der Waals surface area contributed by atoms with Gasteiger partial charge in [-0.15, -0.1) is 0 Å². The van der Waals surface area contributed by atoms with Crippen molar-refractivity contribution in [1.82, 2.24) is 5.09 Å². The summed E-state index contributed by atoms with van der Waals surface area (Å²) in [5, 5.41) is 4.63. The molecule has 122 valence electrons. The van der Waals surface area contributed by atoms with Crippen molar-refractivity contribution in [3.05, 3.63) is 42.0 Å². The molecule has 2 atom stereocenters. The molecule has 1 fully saturated rings. The van der Waals surface area contributed by atoms with Gasteiger partial charge in [-0.1, -0.05) is 24.3 Å². The van der Waals surface area contributed by atoms with E-state index in [1.807, 2.05) is 36.4 Å². The van der Waals surface area contributed by atoms with Crippen molar-refractivity contribution >= 4 is 34.8 Å². The Balaban J connectivity index is 1.81. The Labute approximate surface area is 139 Å². The first-order valence-corrected chi connectivity index (χ1v) is 10.5. The highest BCUT2D eigenvalue weighted by Crippen LogP contribution is 2.60. The first-order chi connectivity index (χ1) is 11.0. The molecule has 1 saturated heterocycles. The fourth-order valence-corrected chi connectivity index (χ4v) is 5.81. The minimum atomic E-state index is -3.06. The van der Waals surface area contributed by atoms with Crippen LogP contribution in [0.15, 0.2) is 36.4 Å². The fraction of sp³-hybridized carbons (Fsp3) is 0.312. The Kier molecular flexibility index (Phi) is 4.67. The van der Waals surface area contributed by atoms with Crippen LogP contribution in [0, 0.1) is 0 Å². The fourth-order valence-electron chi connectivity index (χ4n) is 2.44. The zero-order valence-electron chi connectivity index (χ0n) is 12.9. The summed E-state index contributed by atoms with van der Waals surface area (Å²) in [5.41, 5.74) is 0.871. The molecular weight excluding hydrogens is 333 g/mol. The summed E-state index contributed by atoms with van der Waals surface area (Å²) >= 11 is 1.18. The van der Waals surface area contributed by atoms with E-state index in [-0.39, 0.29) is 5.91 Å². The van der Waals surface area contributed by atoms with Gasteiger partial charge in [0, 0.05) is 5.75 Å². The summed E-state index contributed by atoms with van der Waals surface area (Å²) in [6, 6.07) is 11.6. The van der Waals surface area contributed by atoms with Gasteiger partial charge in [0.05, 0.1) is 19.6 Å². The average Bonchev–Trinajstić information content (AvgIpc) is 2.99. The van der Waals surface area contributed by atoms with E-state index in [4.69, 9.17) is 9.26 Å². The van der Waals surface area contributed by atoms with E-state index in [1.54, 1.807) is 14.0 Å². The molecule has 0 aliphatic carbocycles. The van der Waals surface area contributed by atoms with Gasteiger partial charge in [-0.05, 0) is 46.8 Å². The third-order valence-corrected chi connectivity index (χ3v) is 7.68. The minimum absolute atomic E-state index is 0.282. The predicted octanol–water partition coefficient (Wildman–Crippen LogP) is 3.94. The van der Waals surface area contributed by atoms with Crippen LogP contribution in [0.25, 0.3) is 10.8 Å². The predicted molar refractivity (Wildman–Crippen MR) is 93.1 cm³/mol. The average molecular weight is 351 g/mol. The molecule has 1 amide bonds. The Hall–Kier alpha value is -1.49. The van der Waals surface area contributed by atoms with Gasteiger partial charge < -0.3 is 9.26 Å². The lowest BCUT2D eigenvalue weighted by molar-refractivity contribution is -0.120. The largest absolute Gasteiger partial charge is 0.497 e. The van der Waals surface area contributed by atoms with Gasteiger partial charge in [0.15, 0.2) is 0 Å². The Bertz CT molecular complexity index is 785. The minimum Gasteiger partial charge on any atom is -0.497 e. The first kappa shape index (κ1) is 16.4. The van der Waals surface area contributed by atoms with Gasteiger partial charge in [-0.25, -0.2) is 0 Å². The van der Waals surface area contributed by atoms with Gasteiger partial charge in [0.25, 0.3) is 0 Å². The molecular formula is C16H18NO4PS. The van der Waals surface area contributed by atoms with E-state index in [1.165, 1.54) is 11.4 Å². The van der Waals surface area contributed by atoms with Crippen molar-refractivity contribution in [1.29, 1.82) is 0 Å². The van der Waals surface area contributed by atoms with Crippen LogP contribution in [0.3, 0.4) is 0 Å². The Morgan fingerprint density at radius 3 is 2.74 bits per heavy atom. The van der Waals surface area contributed by atoms with Crippen LogP contribution in [0.5, 0.6) is 5.75 Å². The monoisotopic (exact) mass is 351 g/mol. The normalized spacial score (nSPS) is 22.0. The highest BCUT2D eigenvalue weighted by Gasteiger charge is 2.33. The molecule has 1 aliphatic heterocycles. The van der Waals surface area contributed by atoms with E-state index in [0.717, 1.165) is 22.1 Å². The molecule has 7 heteroatoms. The molecule has 1 heterocycles. The highest BCUT2D eigenvalue weighted by molar-refractivity contribution is 8.56. The summed E-state index contributed by atoms with van der Waals surface area (Å²) in [4.78, 5) is 12.3. The topological polar surface area (TPSA) is 64.6 Å². The third kappa shape index (κ3) is 3.55. The van der Waals surface area contributed by atoms with E-state index >= 15 is 0 Å². The summed E-state index contributed by atoms with van der Waals surface area (Å²) < 4.78 is 22.6. The third-order valence-electron chi connectivity index (χ3n) is 3.82. The maximum absolute atomic E-state index is 12.3. The number of nitrogens with one attached hydrogen (secondary N) is 1. The van der Waals surface area contributed by atoms with Crippen molar-refractivity contribution in [3.63, 3.8) is 0 Å². The van der Waals surface area contributed by atoms with Crippen LogP contribution in [0.2, 0.25) is 0 Å². The number of fused-ring (bicyclic) bond motifs is 1. The zero-order chi connectivity index (χ0) is 16.4. The molecule has 2 aromatic carbocycles. The van der Waals surface area contributed by atoms with Gasteiger partial charge in [0.2, 0.25) is 5.91 Å². The molecule has 1 N–H and O–H groups in total. The van der Waals surface area contributed by atoms with Crippen LogP contribution in [-0.2, 0) is 13.9 Å². The second-order valence-corrected chi connectivity index (χ2v) is 9.69. The second-order valence-electron chi connectivity index (χ2n) is 5.33. The quantitative estimate of drug-likeness (QED) is 0.845. The lowest BCUT2D eigenvalue weighted by Gasteiger charge is -2.16. The van der Waals surface area contributed by atoms with Crippen LogP contribution < -0.4 is 9.82 Å². The summed E-state index contributed by atoms with van der Waals surface area (Å²) in [7, 11) is 1.63. The van der Waals surface area contributed by atoms with E-state index < -0.39 is 12.6 Å². The van der Waals surface area contributed by atoms with Crippen LogP contribution >= 0.6 is 18.1 Å². The summed E-state index contributed by atoms with van der Waals surface area (Å²) in [5.74, 6) is 0.751. The van der Waals surface area contributed by atoms with Crippen molar-refractivity contribution in [2.45, 2.75) is 12.8 Å². The molecule has 2 aromatic rings. The molecule has 3 rings (SSSR count). The molecule has 0 bridgehead atoms. The lowest BCUT2D eigenvalue weighted by Crippen LogP contribution is -2.24. The number of carbonyl (C=O) groups excluding carboxylic acids is 1. The lowest BCUT2D eigenvalue weighted by atomic mass is 9.97. The molecule has 0 radical (unpaired) electrons. The molecule has 23 heavy (non-hydrogen) atoms. The summed E-state index contributed by atoms with van der Waals surface area (Å²) in [6.45, 7) is -0.849. The van der Waals surface area contributed by atoms with E-state index in [9.17, 15) is 9.36 Å². The van der Waals surface area contributed by atoms with Gasteiger partial charge >= 0.3 is 6.72 Å². The zero-order valence-corrected chi connectivity index (χ0v) is 14.7. The van der Waals surface area contributed by atoms with E-state index in [2.05, 4.69) is 5.09 Å². The van der Waals surface area contributed by atoms with Crippen molar-refractivity contribution in [2.24, 2.45) is 0 Å². The number of methoxy groups -OCH3 is 1. The van der Waals surface area contributed by atoms with Crippen LogP contribution in [-0.4, -0.2) is 25.4 Å².